The van der Waals surface area contributed by atoms with E-state index in [0.29, 0.717) is 11.3 Å². The lowest BCUT2D eigenvalue weighted by Crippen LogP contribution is -2.34. The summed E-state index contributed by atoms with van der Waals surface area (Å²) in [5.74, 6) is -0.152. The van der Waals surface area contributed by atoms with Crippen LogP contribution in [-0.2, 0) is 6.42 Å². The third-order valence-corrected chi connectivity index (χ3v) is 3.80. The molecule has 2 rings (SSSR count). The van der Waals surface area contributed by atoms with Crippen LogP contribution in [0.5, 0.6) is 0 Å². The fraction of sp³-hybridized carbons (Fsp3) is 0.286. The number of rotatable bonds is 4. The second-order valence-electron chi connectivity index (χ2n) is 4.55. The monoisotopic (exact) mass is 275 g/mol. The van der Waals surface area contributed by atoms with Crippen molar-refractivity contribution in [2.24, 2.45) is 0 Å². The Morgan fingerprint density at radius 3 is 2.89 bits per heavy atom. The van der Waals surface area contributed by atoms with Gasteiger partial charge in [-0.25, -0.2) is 0 Å². The van der Waals surface area contributed by atoms with Crippen molar-refractivity contribution >= 4 is 22.9 Å². The van der Waals surface area contributed by atoms with E-state index in [1.165, 1.54) is 16.0 Å². The van der Waals surface area contributed by atoms with Gasteiger partial charge in [0, 0.05) is 28.4 Å². The van der Waals surface area contributed by atoms with Gasteiger partial charge in [0.2, 0.25) is 0 Å². The summed E-state index contributed by atoms with van der Waals surface area (Å²) in [7, 11) is 0. The molecule has 1 unspecified atom stereocenters. The molecule has 0 radical (unpaired) electrons. The molecule has 1 atom stereocenters. The average molecular weight is 275 g/mol. The maximum absolute atomic E-state index is 12.1. The Balaban J connectivity index is 1.97. The van der Waals surface area contributed by atoms with Gasteiger partial charge in [-0.05, 0) is 32.0 Å². The van der Waals surface area contributed by atoms with Crippen LogP contribution >= 0.6 is 11.3 Å². The first-order valence-electron chi connectivity index (χ1n) is 6.12. The number of nitrogens with zero attached hydrogens (tertiary/aromatic N) is 1. The maximum atomic E-state index is 12.1. The molecule has 0 aliphatic heterocycles. The highest BCUT2D eigenvalue weighted by atomic mass is 32.1. The summed E-state index contributed by atoms with van der Waals surface area (Å²) >= 11 is 1.76. The Morgan fingerprint density at radius 2 is 2.26 bits per heavy atom. The molecule has 0 aliphatic rings. The molecule has 2 heterocycles. The van der Waals surface area contributed by atoms with E-state index in [-0.39, 0.29) is 11.9 Å². The molecule has 0 saturated carbocycles. The number of nitrogens with one attached hydrogen (secondary N) is 1. The van der Waals surface area contributed by atoms with Gasteiger partial charge in [0.1, 0.15) is 0 Å². The summed E-state index contributed by atoms with van der Waals surface area (Å²) in [5.41, 5.74) is 6.61. The molecule has 4 nitrogen and oxygen atoms in total. The minimum atomic E-state index is -0.152. The van der Waals surface area contributed by atoms with Crippen molar-refractivity contribution < 1.29 is 4.79 Å². The fourth-order valence-corrected chi connectivity index (χ4v) is 2.88. The summed E-state index contributed by atoms with van der Waals surface area (Å²) in [6.45, 7) is 4.07. The van der Waals surface area contributed by atoms with Crippen molar-refractivity contribution in [2.75, 3.05) is 5.73 Å². The number of aromatic nitrogens is 1. The van der Waals surface area contributed by atoms with Gasteiger partial charge in [-0.1, -0.05) is 0 Å². The van der Waals surface area contributed by atoms with E-state index in [1.807, 2.05) is 6.92 Å². The van der Waals surface area contributed by atoms with Crippen LogP contribution in [0.2, 0.25) is 0 Å². The molecule has 19 heavy (non-hydrogen) atoms. The number of carbonyl (C=O) groups is 1. The number of nitrogens with two attached hydrogens (primary N) is 1. The maximum Gasteiger partial charge on any atom is 0.253 e. The number of pyridine rings is 1. The molecule has 5 heteroatoms. The molecule has 1 amide bonds. The van der Waals surface area contributed by atoms with E-state index in [0.717, 1.165) is 6.42 Å². The highest BCUT2D eigenvalue weighted by Crippen LogP contribution is 2.17. The van der Waals surface area contributed by atoms with Gasteiger partial charge in [-0.3, -0.25) is 9.78 Å². The zero-order valence-electron chi connectivity index (χ0n) is 11.0. The van der Waals surface area contributed by atoms with Crippen LogP contribution < -0.4 is 11.1 Å². The molecule has 0 bridgehead atoms. The number of hydrogen-bond acceptors (Lipinski definition) is 4. The van der Waals surface area contributed by atoms with Crippen LogP contribution in [0.1, 0.15) is 27.0 Å². The number of carbonyl (C=O) groups excluding carboxylic acids is 1. The van der Waals surface area contributed by atoms with E-state index in [2.05, 4.69) is 29.4 Å². The van der Waals surface area contributed by atoms with Crippen LogP contribution in [-0.4, -0.2) is 16.9 Å². The van der Waals surface area contributed by atoms with Gasteiger partial charge in [0.05, 0.1) is 17.4 Å². The van der Waals surface area contributed by atoms with Crippen molar-refractivity contribution in [3.63, 3.8) is 0 Å². The third-order valence-electron chi connectivity index (χ3n) is 2.78. The van der Waals surface area contributed by atoms with Gasteiger partial charge in [0.25, 0.3) is 5.91 Å². The minimum absolute atomic E-state index is 0.0677. The largest absolute Gasteiger partial charge is 0.397 e. The lowest BCUT2D eigenvalue weighted by Gasteiger charge is -2.13. The highest BCUT2D eigenvalue weighted by molar-refractivity contribution is 7.11. The van der Waals surface area contributed by atoms with Crippen LogP contribution in [0.15, 0.2) is 30.6 Å². The first-order valence-corrected chi connectivity index (χ1v) is 6.93. The van der Waals surface area contributed by atoms with Crippen molar-refractivity contribution in [3.05, 3.63) is 45.9 Å². The van der Waals surface area contributed by atoms with Crippen LogP contribution in [0.25, 0.3) is 0 Å². The number of nitrogen functional groups attached to an aromatic ring is 1. The molecule has 0 spiro atoms. The van der Waals surface area contributed by atoms with E-state index >= 15 is 0 Å². The summed E-state index contributed by atoms with van der Waals surface area (Å²) in [4.78, 5) is 18.5. The van der Waals surface area contributed by atoms with Crippen LogP contribution in [0, 0.1) is 6.92 Å². The van der Waals surface area contributed by atoms with Crippen molar-refractivity contribution in [1.29, 1.82) is 0 Å². The molecule has 0 fully saturated rings. The first kappa shape index (κ1) is 13.5. The average Bonchev–Trinajstić information content (AvgIpc) is 2.74. The molecule has 0 aliphatic carbocycles. The van der Waals surface area contributed by atoms with Crippen LogP contribution in [0.4, 0.5) is 5.69 Å². The molecule has 0 aromatic carbocycles. The van der Waals surface area contributed by atoms with Crippen molar-refractivity contribution in [1.82, 2.24) is 10.3 Å². The Kier molecular flexibility index (Phi) is 4.16. The predicted molar refractivity (Wildman–Crippen MR) is 78.3 cm³/mol. The molecule has 3 N–H and O–H groups in total. The highest BCUT2D eigenvalue weighted by Gasteiger charge is 2.13. The lowest BCUT2D eigenvalue weighted by molar-refractivity contribution is 0.0941. The van der Waals surface area contributed by atoms with E-state index < -0.39 is 0 Å². The molecule has 0 saturated heterocycles. The summed E-state index contributed by atoms with van der Waals surface area (Å²) in [6, 6.07) is 5.89. The predicted octanol–water partition coefficient (Wildman–Crippen LogP) is 2.39. The zero-order chi connectivity index (χ0) is 13.8. The Morgan fingerprint density at radius 1 is 1.47 bits per heavy atom. The van der Waals surface area contributed by atoms with Gasteiger partial charge in [-0.15, -0.1) is 11.3 Å². The fourth-order valence-electron chi connectivity index (χ4n) is 1.86. The second-order valence-corrected chi connectivity index (χ2v) is 5.93. The number of amides is 1. The SMILES string of the molecule is Cc1ccc(CC(C)NC(=O)c2ccncc2N)s1. The normalized spacial score (nSPS) is 12.1. The molecular formula is C14H17N3OS. The quantitative estimate of drug-likeness (QED) is 0.900. The third kappa shape index (κ3) is 3.54. The standard InChI is InChI=1S/C14H17N3OS/c1-9(7-11-4-3-10(2)19-11)17-14(18)12-5-6-16-8-13(12)15/h3-6,8-9H,7,15H2,1-2H3,(H,17,18). The number of anilines is 1. The molecular weight excluding hydrogens is 258 g/mol. The van der Waals surface area contributed by atoms with Gasteiger partial charge in [0.15, 0.2) is 0 Å². The van der Waals surface area contributed by atoms with Crippen molar-refractivity contribution in [2.45, 2.75) is 26.3 Å². The smallest absolute Gasteiger partial charge is 0.253 e. The van der Waals surface area contributed by atoms with E-state index in [9.17, 15) is 4.79 Å². The van der Waals surface area contributed by atoms with Gasteiger partial charge < -0.3 is 11.1 Å². The minimum Gasteiger partial charge on any atom is -0.397 e. The van der Waals surface area contributed by atoms with Gasteiger partial charge >= 0.3 is 0 Å². The summed E-state index contributed by atoms with van der Waals surface area (Å²) in [5, 5.41) is 2.95. The zero-order valence-corrected chi connectivity index (χ0v) is 11.8. The summed E-state index contributed by atoms with van der Waals surface area (Å²) < 4.78 is 0. The lowest BCUT2D eigenvalue weighted by atomic mass is 10.1. The molecule has 2 aromatic rings. The van der Waals surface area contributed by atoms with Crippen molar-refractivity contribution in [3.8, 4) is 0 Å². The van der Waals surface area contributed by atoms with E-state index in [4.69, 9.17) is 5.73 Å². The first-order chi connectivity index (χ1) is 9.06. The Bertz CT molecular complexity index is 580. The van der Waals surface area contributed by atoms with Crippen LogP contribution in [0.3, 0.4) is 0 Å². The second kappa shape index (κ2) is 5.84. The Labute approximate surface area is 116 Å². The number of hydrogen-bond donors (Lipinski definition) is 2. The summed E-state index contributed by atoms with van der Waals surface area (Å²) in [6.07, 6.45) is 3.88. The number of thiophene rings is 1. The molecule has 2 aromatic heterocycles. The molecule has 100 valence electrons. The van der Waals surface area contributed by atoms with Gasteiger partial charge in [-0.2, -0.15) is 0 Å². The Hall–Kier alpha value is -1.88. The topological polar surface area (TPSA) is 68.0 Å². The number of aryl methyl sites for hydroxylation is 1. The van der Waals surface area contributed by atoms with E-state index in [1.54, 1.807) is 23.6 Å².